The Bertz CT molecular complexity index is 660. The number of aryl methyl sites for hydroxylation is 1. The Morgan fingerprint density at radius 3 is 2.59 bits per heavy atom. The molecule has 1 aliphatic heterocycles. The van der Waals surface area contributed by atoms with Crippen molar-refractivity contribution >= 4 is 11.8 Å². The van der Waals surface area contributed by atoms with E-state index in [-0.39, 0.29) is 5.69 Å². The van der Waals surface area contributed by atoms with Crippen LogP contribution >= 0.6 is 0 Å². The third kappa shape index (κ3) is 2.81. The molecule has 3 N–H and O–H groups in total. The molecule has 3 rings (SSSR count). The maximum atomic E-state index is 12.0. The van der Waals surface area contributed by atoms with Crippen LogP contribution < -0.4 is 16.2 Å². The van der Waals surface area contributed by atoms with Gasteiger partial charge in [0.05, 0.1) is 13.2 Å². The minimum absolute atomic E-state index is 0.194. The van der Waals surface area contributed by atoms with Crippen molar-refractivity contribution < 1.29 is 13.9 Å². The van der Waals surface area contributed by atoms with E-state index in [1.54, 1.807) is 0 Å². The van der Waals surface area contributed by atoms with Crippen molar-refractivity contribution in [2.45, 2.75) is 6.92 Å². The summed E-state index contributed by atoms with van der Waals surface area (Å²) in [6.45, 7) is 4.47. The first-order valence-electron chi connectivity index (χ1n) is 7.10. The quantitative estimate of drug-likeness (QED) is 0.501. The van der Waals surface area contributed by atoms with Crippen LogP contribution in [-0.2, 0) is 4.74 Å². The fraction of sp³-hybridized carbons (Fsp3) is 0.333. The summed E-state index contributed by atoms with van der Waals surface area (Å²) in [6, 6.07) is 7.76. The number of rotatable bonds is 3. The number of benzene rings is 1. The average Bonchev–Trinajstić information content (AvgIpc) is 3.01. The van der Waals surface area contributed by atoms with Gasteiger partial charge >= 0.3 is 0 Å². The zero-order chi connectivity index (χ0) is 15.5. The highest BCUT2D eigenvalue weighted by Crippen LogP contribution is 2.29. The minimum atomic E-state index is -0.469. The summed E-state index contributed by atoms with van der Waals surface area (Å²) >= 11 is 0. The smallest absolute Gasteiger partial charge is 0.289 e. The van der Waals surface area contributed by atoms with E-state index in [2.05, 4.69) is 10.4 Å². The Hall–Kier alpha value is -2.38. The highest BCUT2D eigenvalue weighted by molar-refractivity contribution is 5.97. The fourth-order valence-corrected chi connectivity index (χ4v) is 2.33. The number of aromatic nitrogens is 1. The number of carbonyl (C=O) groups is 1. The molecule has 0 bridgehead atoms. The second-order valence-electron chi connectivity index (χ2n) is 5.11. The van der Waals surface area contributed by atoms with Crippen LogP contribution in [0, 0.1) is 6.92 Å². The summed E-state index contributed by atoms with van der Waals surface area (Å²) in [7, 11) is 0. The van der Waals surface area contributed by atoms with E-state index >= 15 is 0 Å². The molecule has 0 spiro atoms. The van der Waals surface area contributed by atoms with Crippen molar-refractivity contribution in [3.05, 3.63) is 35.5 Å². The van der Waals surface area contributed by atoms with Crippen LogP contribution in [0.2, 0.25) is 0 Å². The van der Waals surface area contributed by atoms with Gasteiger partial charge < -0.3 is 14.1 Å². The predicted octanol–water partition coefficient (Wildman–Crippen LogP) is 1.09. The number of oxazole rings is 1. The van der Waals surface area contributed by atoms with Crippen LogP contribution in [0.15, 0.2) is 28.7 Å². The highest BCUT2D eigenvalue weighted by atomic mass is 16.5. The summed E-state index contributed by atoms with van der Waals surface area (Å²) in [5.41, 5.74) is 4.27. The van der Waals surface area contributed by atoms with E-state index in [1.165, 1.54) is 0 Å². The van der Waals surface area contributed by atoms with Gasteiger partial charge in [-0.05, 0) is 19.1 Å². The van der Waals surface area contributed by atoms with Crippen LogP contribution in [0.1, 0.15) is 16.1 Å². The molecule has 1 aromatic carbocycles. The number of hydrogen-bond donors (Lipinski definition) is 2. The third-order valence-corrected chi connectivity index (χ3v) is 3.55. The topological polar surface area (TPSA) is 93.6 Å². The van der Waals surface area contributed by atoms with Crippen molar-refractivity contribution in [1.29, 1.82) is 0 Å². The number of hydrazine groups is 1. The van der Waals surface area contributed by atoms with Crippen molar-refractivity contribution in [2.75, 3.05) is 31.2 Å². The molecule has 0 radical (unpaired) electrons. The van der Waals surface area contributed by atoms with Gasteiger partial charge in [-0.3, -0.25) is 10.2 Å². The Morgan fingerprint density at radius 1 is 1.27 bits per heavy atom. The molecule has 0 aliphatic carbocycles. The molecule has 1 saturated heterocycles. The number of nitrogens with two attached hydrogens (primary N) is 1. The number of ether oxygens (including phenoxy) is 1. The van der Waals surface area contributed by atoms with Gasteiger partial charge in [0, 0.05) is 18.7 Å². The lowest BCUT2D eigenvalue weighted by Gasteiger charge is -2.26. The van der Waals surface area contributed by atoms with Crippen LogP contribution in [0.4, 0.5) is 5.88 Å². The Balaban J connectivity index is 2.00. The molecule has 1 amide bonds. The van der Waals surface area contributed by atoms with Gasteiger partial charge in [0.25, 0.3) is 5.91 Å². The molecule has 2 heterocycles. The maximum Gasteiger partial charge on any atom is 0.289 e. The van der Waals surface area contributed by atoms with E-state index in [1.807, 2.05) is 36.1 Å². The van der Waals surface area contributed by atoms with Crippen LogP contribution in [0.5, 0.6) is 0 Å². The maximum absolute atomic E-state index is 12.0. The lowest BCUT2D eigenvalue weighted by molar-refractivity contribution is 0.0946. The monoisotopic (exact) mass is 302 g/mol. The van der Waals surface area contributed by atoms with Gasteiger partial charge in [-0.1, -0.05) is 17.7 Å². The Kier molecular flexibility index (Phi) is 4.08. The van der Waals surface area contributed by atoms with Gasteiger partial charge in [0.2, 0.25) is 11.8 Å². The number of amides is 1. The number of nitrogen functional groups attached to an aromatic ring is 1. The van der Waals surface area contributed by atoms with Crippen LogP contribution in [-0.4, -0.2) is 37.2 Å². The van der Waals surface area contributed by atoms with Gasteiger partial charge in [-0.15, -0.1) is 0 Å². The number of morpholine rings is 1. The predicted molar refractivity (Wildman–Crippen MR) is 81.4 cm³/mol. The van der Waals surface area contributed by atoms with Gasteiger partial charge in [0.1, 0.15) is 0 Å². The molecule has 7 heteroatoms. The normalized spacial score (nSPS) is 14.9. The van der Waals surface area contributed by atoms with Crippen LogP contribution in [0.3, 0.4) is 0 Å². The standard InChI is InChI=1S/C15H18N4O3/c1-10-2-4-11(5-3-10)14-17-12(13(20)18-16)15(22-14)19-6-8-21-9-7-19/h2-5H,6-9,16H2,1H3,(H,18,20). The molecule has 0 unspecified atom stereocenters. The lowest BCUT2D eigenvalue weighted by atomic mass is 10.1. The summed E-state index contributed by atoms with van der Waals surface area (Å²) in [6.07, 6.45) is 0. The first kappa shape index (κ1) is 14.6. The summed E-state index contributed by atoms with van der Waals surface area (Å²) in [5.74, 6) is 5.61. The molecule has 2 aromatic rings. The second kappa shape index (κ2) is 6.17. The first-order valence-corrected chi connectivity index (χ1v) is 7.10. The third-order valence-electron chi connectivity index (χ3n) is 3.55. The molecule has 116 valence electrons. The van der Waals surface area contributed by atoms with E-state index in [9.17, 15) is 4.79 Å². The SMILES string of the molecule is Cc1ccc(-c2nc(C(=O)NN)c(N3CCOCC3)o2)cc1. The van der Waals surface area contributed by atoms with Gasteiger partial charge in [0.15, 0.2) is 5.69 Å². The molecule has 1 aliphatic rings. The van der Waals surface area contributed by atoms with Gasteiger partial charge in [-0.25, -0.2) is 10.8 Å². The fourth-order valence-electron chi connectivity index (χ4n) is 2.33. The first-order chi connectivity index (χ1) is 10.7. The van der Waals surface area contributed by atoms with Crippen molar-refractivity contribution in [3.63, 3.8) is 0 Å². The second-order valence-corrected chi connectivity index (χ2v) is 5.11. The van der Waals surface area contributed by atoms with E-state index in [0.29, 0.717) is 38.1 Å². The summed E-state index contributed by atoms with van der Waals surface area (Å²) < 4.78 is 11.2. The molecule has 0 saturated carbocycles. The molecular formula is C15H18N4O3. The van der Waals surface area contributed by atoms with Crippen molar-refractivity contribution in [3.8, 4) is 11.5 Å². The number of hydrogen-bond acceptors (Lipinski definition) is 6. The summed E-state index contributed by atoms with van der Waals surface area (Å²) in [5, 5.41) is 0. The summed E-state index contributed by atoms with van der Waals surface area (Å²) in [4.78, 5) is 18.2. The molecule has 1 fully saturated rings. The Labute approximate surface area is 128 Å². The number of nitrogens with one attached hydrogen (secondary N) is 1. The minimum Gasteiger partial charge on any atom is -0.420 e. The van der Waals surface area contributed by atoms with Gasteiger partial charge in [-0.2, -0.15) is 0 Å². The molecular weight excluding hydrogens is 284 g/mol. The highest BCUT2D eigenvalue weighted by Gasteiger charge is 2.26. The van der Waals surface area contributed by atoms with Crippen LogP contribution in [0.25, 0.3) is 11.5 Å². The number of carbonyl (C=O) groups excluding carboxylic acids is 1. The van der Waals surface area contributed by atoms with Crippen molar-refractivity contribution in [1.82, 2.24) is 10.4 Å². The van der Waals surface area contributed by atoms with Crippen molar-refractivity contribution in [2.24, 2.45) is 5.84 Å². The van der Waals surface area contributed by atoms with E-state index < -0.39 is 5.91 Å². The molecule has 22 heavy (non-hydrogen) atoms. The largest absolute Gasteiger partial charge is 0.420 e. The van der Waals surface area contributed by atoms with E-state index in [0.717, 1.165) is 11.1 Å². The molecule has 1 aromatic heterocycles. The lowest BCUT2D eigenvalue weighted by Crippen LogP contribution is -2.38. The zero-order valence-corrected chi connectivity index (χ0v) is 12.3. The Morgan fingerprint density at radius 2 is 1.95 bits per heavy atom. The molecule has 7 nitrogen and oxygen atoms in total. The zero-order valence-electron chi connectivity index (χ0n) is 12.3. The number of nitrogens with zero attached hydrogens (tertiary/aromatic N) is 2. The molecule has 0 atom stereocenters. The number of anilines is 1. The van der Waals surface area contributed by atoms with E-state index in [4.69, 9.17) is 15.0 Å². The average molecular weight is 302 g/mol.